The van der Waals surface area contributed by atoms with Gasteiger partial charge in [-0.15, -0.1) is 0 Å². The third kappa shape index (κ3) is 1.17. The van der Waals surface area contributed by atoms with Crippen LogP contribution in [0.1, 0.15) is 11.4 Å². The Morgan fingerprint density at radius 3 is 2.50 bits per heavy atom. The van der Waals surface area contributed by atoms with Crippen LogP contribution >= 0.6 is 11.3 Å². The van der Waals surface area contributed by atoms with Crippen molar-refractivity contribution in [3.63, 3.8) is 0 Å². The monoisotopic (exact) mass is 254 g/mol. The molecule has 0 radical (unpaired) electrons. The molecule has 4 nitrogen and oxygen atoms in total. The van der Waals surface area contributed by atoms with Gasteiger partial charge >= 0.3 is 0 Å². The van der Waals surface area contributed by atoms with Crippen molar-refractivity contribution < 1.29 is 0 Å². The molecule has 0 aliphatic rings. The van der Waals surface area contributed by atoms with Crippen LogP contribution in [0.2, 0.25) is 0 Å². The number of aryl methyl sites for hydroxylation is 2. The molecule has 4 aromatic rings. The molecule has 4 rings (SSSR count). The maximum absolute atomic E-state index is 4.71. The van der Waals surface area contributed by atoms with Crippen LogP contribution in [0.15, 0.2) is 24.3 Å². The van der Waals surface area contributed by atoms with E-state index in [-0.39, 0.29) is 0 Å². The second kappa shape index (κ2) is 3.26. The molecule has 3 heterocycles. The van der Waals surface area contributed by atoms with Crippen molar-refractivity contribution in [1.29, 1.82) is 0 Å². The first-order valence-corrected chi connectivity index (χ1v) is 6.56. The van der Waals surface area contributed by atoms with Crippen LogP contribution in [0.25, 0.3) is 26.5 Å². The Labute approximate surface area is 107 Å². The number of hydrogen-bond donors (Lipinski definition) is 0. The highest BCUT2D eigenvalue weighted by Crippen LogP contribution is 2.27. The summed E-state index contributed by atoms with van der Waals surface area (Å²) in [5.41, 5.74) is 4.96. The highest BCUT2D eigenvalue weighted by atomic mass is 32.1. The van der Waals surface area contributed by atoms with E-state index in [2.05, 4.69) is 21.3 Å². The SMILES string of the molecule is Cc1nc2sc3nc4ccccc4nc3n2c1C. The van der Waals surface area contributed by atoms with Crippen molar-refractivity contribution in [3.05, 3.63) is 35.7 Å². The molecule has 0 fully saturated rings. The summed E-state index contributed by atoms with van der Waals surface area (Å²) in [6, 6.07) is 7.95. The molecule has 1 aromatic carbocycles. The second-order valence-corrected chi connectivity index (χ2v) is 5.30. The smallest absolute Gasteiger partial charge is 0.197 e. The molecule has 0 aliphatic heterocycles. The molecule has 88 valence electrons. The third-order valence-electron chi connectivity index (χ3n) is 3.23. The molecular weight excluding hydrogens is 244 g/mol. The molecule has 0 bridgehead atoms. The van der Waals surface area contributed by atoms with Crippen LogP contribution in [0.4, 0.5) is 0 Å². The van der Waals surface area contributed by atoms with E-state index in [9.17, 15) is 0 Å². The van der Waals surface area contributed by atoms with E-state index in [4.69, 9.17) is 4.98 Å². The van der Waals surface area contributed by atoms with Gasteiger partial charge in [0.25, 0.3) is 0 Å². The Morgan fingerprint density at radius 1 is 1.00 bits per heavy atom. The standard InChI is InChI=1S/C13H10N4S/c1-7-8(2)17-11-12(18-13(17)14-7)16-10-6-4-3-5-9(10)15-11/h3-6H,1-2H3. The molecule has 0 atom stereocenters. The molecule has 0 amide bonds. The van der Waals surface area contributed by atoms with Crippen molar-refractivity contribution in [1.82, 2.24) is 19.4 Å². The number of para-hydroxylation sites is 2. The zero-order valence-corrected chi connectivity index (χ0v) is 10.8. The fourth-order valence-corrected chi connectivity index (χ4v) is 3.22. The third-order valence-corrected chi connectivity index (χ3v) is 4.16. The summed E-state index contributed by atoms with van der Waals surface area (Å²) in [4.78, 5) is 15.8. The van der Waals surface area contributed by atoms with Gasteiger partial charge in [0, 0.05) is 5.69 Å². The molecule has 5 heteroatoms. The first-order chi connectivity index (χ1) is 8.74. The van der Waals surface area contributed by atoms with Gasteiger partial charge in [-0.05, 0) is 26.0 Å². The fourth-order valence-electron chi connectivity index (χ4n) is 2.17. The molecule has 0 aliphatic carbocycles. The predicted octanol–water partition coefficient (Wildman–Crippen LogP) is 3.11. The van der Waals surface area contributed by atoms with E-state index >= 15 is 0 Å². The van der Waals surface area contributed by atoms with Crippen molar-refractivity contribution in [2.45, 2.75) is 13.8 Å². The van der Waals surface area contributed by atoms with Crippen molar-refractivity contribution in [2.24, 2.45) is 0 Å². The van der Waals surface area contributed by atoms with Gasteiger partial charge in [-0.25, -0.2) is 15.0 Å². The van der Waals surface area contributed by atoms with Gasteiger partial charge in [0.15, 0.2) is 15.4 Å². The van der Waals surface area contributed by atoms with Gasteiger partial charge in [-0.2, -0.15) is 0 Å². The lowest BCUT2D eigenvalue weighted by Gasteiger charge is -1.97. The summed E-state index contributed by atoms with van der Waals surface area (Å²) in [5.74, 6) is 0. The molecule has 0 saturated carbocycles. The zero-order chi connectivity index (χ0) is 12.3. The molecule has 0 spiro atoms. The number of thiazole rings is 1. The van der Waals surface area contributed by atoms with Crippen molar-refractivity contribution in [3.8, 4) is 0 Å². The first kappa shape index (κ1) is 9.96. The average molecular weight is 254 g/mol. The Balaban J connectivity index is 2.27. The molecule has 0 saturated heterocycles. The van der Waals surface area contributed by atoms with Crippen molar-refractivity contribution >= 4 is 37.8 Å². The quantitative estimate of drug-likeness (QED) is 0.484. The van der Waals surface area contributed by atoms with Gasteiger partial charge in [0.05, 0.1) is 16.7 Å². The maximum Gasteiger partial charge on any atom is 0.197 e. The second-order valence-electron chi connectivity index (χ2n) is 4.34. The number of rotatable bonds is 0. The maximum atomic E-state index is 4.71. The molecule has 3 aromatic heterocycles. The highest BCUT2D eigenvalue weighted by Gasteiger charge is 2.13. The number of benzene rings is 1. The van der Waals surface area contributed by atoms with Gasteiger partial charge in [-0.1, -0.05) is 23.5 Å². The lowest BCUT2D eigenvalue weighted by molar-refractivity contribution is 1.12. The number of nitrogens with zero attached hydrogens (tertiary/aromatic N) is 4. The minimum atomic E-state index is 0.909. The first-order valence-electron chi connectivity index (χ1n) is 5.75. The lowest BCUT2D eigenvalue weighted by Crippen LogP contribution is -1.90. The minimum absolute atomic E-state index is 0.909. The van der Waals surface area contributed by atoms with E-state index < -0.39 is 0 Å². The van der Waals surface area contributed by atoms with Crippen LogP contribution < -0.4 is 0 Å². The van der Waals surface area contributed by atoms with Crippen molar-refractivity contribution in [2.75, 3.05) is 0 Å². The van der Waals surface area contributed by atoms with Crippen LogP contribution in [0.5, 0.6) is 0 Å². The van der Waals surface area contributed by atoms with E-state index in [0.717, 1.165) is 37.9 Å². The van der Waals surface area contributed by atoms with E-state index in [1.54, 1.807) is 11.3 Å². The van der Waals surface area contributed by atoms with Gasteiger partial charge in [-0.3, -0.25) is 4.40 Å². The minimum Gasteiger partial charge on any atom is -0.270 e. The summed E-state index contributed by atoms with van der Waals surface area (Å²) in [5, 5.41) is 0. The molecule has 0 N–H and O–H groups in total. The highest BCUT2D eigenvalue weighted by molar-refractivity contribution is 7.23. The zero-order valence-electron chi connectivity index (χ0n) is 10.0. The summed E-state index contributed by atoms with van der Waals surface area (Å²) >= 11 is 1.59. The fraction of sp³-hybridized carbons (Fsp3) is 0.154. The number of imidazole rings is 1. The molecule has 18 heavy (non-hydrogen) atoms. The lowest BCUT2D eigenvalue weighted by atomic mass is 10.3. The van der Waals surface area contributed by atoms with E-state index in [1.165, 1.54) is 0 Å². The summed E-state index contributed by atoms with van der Waals surface area (Å²) < 4.78 is 2.09. The Kier molecular flexibility index (Phi) is 1.81. The number of hydrogen-bond acceptors (Lipinski definition) is 4. The Bertz CT molecular complexity index is 903. The van der Waals surface area contributed by atoms with Gasteiger partial charge < -0.3 is 0 Å². The average Bonchev–Trinajstić information content (AvgIpc) is 2.84. The van der Waals surface area contributed by atoms with E-state index in [0.29, 0.717) is 0 Å². The Morgan fingerprint density at radius 2 is 1.72 bits per heavy atom. The largest absolute Gasteiger partial charge is 0.270 e. The van der Waals surface area contributed by atoms with E-state index in [1.807, 2.05) is 31.2 Å². The topological polar surface area (TPSA) is 43.1 Å². The van der Waals surface area contributed by atoms with Gasteiger partial charge in [0.1, 0.15) is 0 Å². The van der Waals surface area contributed by atoms with Crippen LogP contribution in [0.3, 0.4) is 0 Å². The summed E-state index contributed by atoms with van der Waals surface area (Å²) in [6.45, 7) is 4.09. The summed E-state index contributed by atoms with van der Waals surface area (Å²) in [7, 11) is 0. The predicted molar refractivity (Wildman–Crippen MR) is 73.1 cm³/mol. The van der Waals surface area contributed by atoms with Crippen LogP contribution in [-0.2, 0) is 0 Å². The van der Waals surface area contributed by atoms with Crippen LogP contribution in [0, 0.1) is 13.8 Å². The molecular formula is C13H10N4S. The summed E-state index contributed by atoms with van der Waals surface area (Å²) in [6.07, 6.45) is 0. The van der Waals surface area contributed by atoms with Gasteiger partial charge in [0.2, 0.25) is 0 Å². The number of aromatic nitrogens is 4. The normalized spacial score (nSPS) is 11.9. The molecule has 0 unspecified atom stereocenters. The number of fused-ring (bicyclic) bond motifs is 4. The Hall–Kier alpha value is -2.01. The van der Waals surface area contributed by atoms with Crippen LogP contribution in [-0.4, -0.2) is 19.4 Å².